The number of hydrogen-bond donors (Lipinski definition) is 1. The quantitative estimate of drug-likeness (QED) is 0.676. The Balaban J connectivity index is 1.57. The van der Waals surface area contributed by atoms with E-state index in [1.54, 1.807) is 6.26 Å². The van der Waals surface area contributed by atoms with Crippen LogP contribution < -0.4 is 5.32 Å². The van der Waals surface area contributed by atoms with E-state index < -0.39 is 0 Å². The van der Waals surface area contributed by atoms with Gasteiger partial charge >= 0.3 is 0 Å². The number of rotatable bonds is 6. The smallest absolute Gasteiger partial charge is 0.239 e. The highest BCUT2D eigenvalue weighted by molar-refractivity contribution is 7.99. The molecule has 0 aliphatic carbocycles. The number of furan rings is 1. The van der Waals surface area contributed by atoms with Gasteiger partial charge in [0.2, 0.25) is 5.91 Å². The predicted octanol–water partition coefficient (Wildman–Crippen LogP) is 4.97. The number of amides is 1. The Kier molecular flexibility index (Phi) is 5.37. The normalized spacial score (nSPS) is 12.1. The number of carbonyl (C=O) groups excluding carboxylic acids is 1. The van der Waals surface area contributed by atoms with E-state index in [4.69, 9.17) is 4.42 Å². The molecule has 0 bridgehead atoms. The lowest BCUT2D eigenvalue weighted by Gasteiger charge is -2.09. The molecule has 1 unspecified atom stereocenters. The summed E-state index contributed by atoms with van der Waals surface area (Å²) in [5.74, 6) is 1.50. The van der Waals surface area contributed by atoms with Crippen LogP contribution in [-0.2, 0) is 10.5 Å². The molecule has 1 atom stereocenters. The zero-order valence-electron chi connectivity index (χ0n) is 13.5. The molecule has 24 heavy (non-hydrogen) atoms. The van der Waals surface area contributed by atoms with Crippen LogP contribution in [0.4, 0.5) is 5.13 Å². The minimum Gasteiger partial charge on any atom is -0.468 e. The maximum Gasteiger partial charge on any atom is 0.239 e. The number of benzene rings is 1. The Bertz CT molecular complexity index is 795. The molecule has 0 spiro atoms. The highest BCUT2D eigenvalue weighted by Crippen LogP contribution is 2.26. The molecule has 0 saturated carbocycles. The van der Waals surface area contributed by atoms with Gasteiger partial charge in [0.05, 0.1) is 23.0 Å². The SMILES string of the molecule is Cc1ccc(-c2csc(NC(=O)C(C)SCc3ccco3)n2)cc1. The summed E-state index contributed by atoms with van der Waals surface area (Å²) in [6.07, 6.45) is 1.64. The standard InChI is InChI=1S/C18H18N2O2S2/c1-12-5-7-14(8-6-12)16-11-24-18(19-16)20-17(21)13(2)23-10-15-4-3-9-22-15/h3-9,11,13H,10H2,1-2H3,(H,19,20,21). The Hall–Kier alpha value is -2.05. The van der Waals surface area contributed by atoms with Gasteiger partial charge in [-0.1, -0.05) is 29.8 Å². The second-order valence-electron chi connectivity index (χ2n) is 5.43. The van der Waals surface area contributed by atoms with Gasteiger partial charge in [-0.2, -0.15) is 0 Å². The number of nitrogens with zero attached hydrogens (tertiary/aromatic N) is 1. The van der Waals surface area contributed by atoms with E-state index >= 15 is 0 Å². The molecule has 1 aromatic carbocycles. The molecule has 3 rings (SSSR count). The number of nitrogens with one attached hydrogen (secondary N) is 1. The molecule has 6 heteroatoms. The van der Waals surface area contributed by atoms with Gasteiger partial charge in [-0.25, -0.2) is 4.98 Å². The summed E-state index contributed by atoms with van der Waals surface area (Å²) in [7, 11) is 0. The molecule has 124 valence electrons. The third kappa shape index (κ3) is 4.27. The zero-order valence-corrected chi connectivity index (χ0v) is 15.1. The molecule has 1 amide bonds. The molecule has 2 heterocycles. The van der Waals surface area contributed by atoms with Crippen LogP contribution in [0.3, 0.4) is 0 Å². The van der Waals surface area contributed by atoms with Crippen LogP contribution in [0.5, 0.6) is 0 Å². The summed E-state index contributed by atoms with van der Waals surface area (Å²) in [6, 6.07) is 11.9. The fraction of sp³-hybridized carbons (Fsp3) is 0.222. The second-order valence-corrected chi connectivity index (χ2v) is 7.61. The summed E-state index contributed by atoms with van der Waals surface area (Å²) in [5.41, 5.74) is 3.15. The fourth-order valence-corrected chi connectivity index (χ4v) is 3.58. The minimum absolute atomic E-state index is 0.0450. The molecular weight excluding hydrogens is 340 g/mol. The largest absolute Gasteiger partial charge is 0.468 e. The first kappa shape index (κ1) is 16.8. The van der Waals surface area contributed by atoms with Crippen molar-refractivity contribution >= 4 is 34.1 Å². The van der Waals surface area contributed by atoms with E-state index in [1.165, 1.54) is 28.7 Å². The highest BCUT2D eigenvalue weighted by Gasteiger charge is 2.16. The number of aryl methyl sites for hydroxylation is 1. The fourth-order valence-electron chi connectivity index (χ4n) is 2.07. The van der Waals surface area contributed by atoms with Gasteiger partial charge in [-0.05, 0) is 26.0 Å². The highest BCUT2D eigenvalue weighted by atomic mass is 32.2. The second kappa shape index (κ2) is 7.68. The van der Waals surface area contributed by atoms with Crippen molar-refractivity contribution in [2.24, 2.45) is 0 Å². The summed E-state index contributed by atoms with van der Waals surface area (Å²) in [6.45, 7) is 3.94. The van der Waals surface area contributed by atoms with Gasteiger partial charge in [-0.15, -0.1) is 23.1 Å². The van der Waals surface area contributed by atoms with Crippen molar-refractivity contribution in [3.63, 3.8) is 0 Å². The molecule has 0 saturated heterocycles. The molecule has 2 aromatic heterocycles. The first-order valence-corrected chi connectivity index (χ1v) is 9.52. The molecule has 4 nitrogen and oxygen atoms in total. The third-order valence-electron chi connectivity index (χ3n) is 3.51. The molecule has 0 aliphatic rings. The number of hydrogen-bond acceptors (Lipinski definition) is 5. The Labute approximate surface area is 149 Å². The van der Waals surface area contributed by atoms with Crippen LogP contribution in [0.25, 0.3) is 11.3 Å². The first-order valence-electron chi connectivity index (χ1n) is 7.59. The van der Waals surface area contributed by atoms with Gasteiger partial charge in [0.1, 0.15) is 5.76 Å². The molecule has 0 aliphatic heterocycles. The van der Waals surface area contributed by atoms with Gasteiger partial charge < -0.3 is 9.73 Å². The van der Waals surface area contributed by atoms with Crippen LogP contribution in [0.1, 0.15) is 18.2 Å². The van der Waals surface area contributed by atoms with E-state index in [0.717, 1.165) is 17.0 Å². The number of carbonyl (C=O) groups is 1. The minimum atomic E-state index is -0.179. The monoisotopic (exact) mass is 358 g/mol. The Morgan fingerprint density at radius 3 is 2.83 bits per heavy atom. The topological polar surface area (TPSA) is 55.1 Å². The summed E-state index contributed by atoms with van der Waals surface area (Å²) < 4.78 is 5.28. The van der Waals surface area contributed by atoms with Crippen molar-refractivity contribution < 1.29 is 9.21 Å². The average molecular weight is 358 g/mol. The van der Waals surface area contributed by atoms with Crippen molar-refractivity contribution in [2.75, 3.05) is 5.32 Å². The van der Waals surface area contributed by atoms with E-state index in [0.29, 0.717) is 10.9 Å². The molecule has 3 aromatic rings. The lowest BCUT2D eigenvalue weighted by atomic mass is 10.1. The predicted molar refractivity (Wildman–Crippen MR) is 100 cm³/mol. The lowest BCUT2D eigenvalue weighted by Crippen LogP contribution is -2.22. The third-order valence-corrected chi connectivity index (χ3v) is 5.43. The Morgan fingerprint density at radius 2 is 2.12 bits per heavy atom. The van der Waals surface area contributed by atoms with Crippen LogP contribution in [0.15, 0.2) is 52.5 Å². The van der Waals surface area contributed by atoms with E-state index in [9.17, 15) is 4.79 Å². The van der Waals surface area contributed by atoms with E-state index in [-0.39, 0.29) is 11.2 Å². The maximum absolute atomic E-state index is 12.3. The summed E-state index contributed by atoms with van der Waals surface area (Å²) in [4.78, 5) is 16.8. The van der Waals surface area contributed by atoms with Crippen LogP contribution in [0.2, 0.25) is 0 Å². The lowest BCUT2D eigenvalue weighted by molar-refractivity contribution is -0.115. The van der Waals surface area contributed by atoms with Gasteiger partial charge in [0.15, 0.2) is 5.13 Å². The maximum atomic E-state index is 12.3. The molecule has 0 radical (unpaired) electrons. The number of thiazole rings is 1. The van der Waals surface area contributed by atoms with E-state index in [2.05, 4.69) is 29.4 Å². The van der Waals surface area contributed by atoms with Crippen molar-refractivity contribution in [1.29, 1.82) is 0 Å². The molecule has 1 N–H and O–H groups in total. The molecular formula is C18H18N2O2S2. The summed E-state index contributed by atoms with van der Waals surface area (Å²) in [5, 5.41) is 5.30. The summed E-state index contributed by atoms with van der Waals surface area (Å²) >= 11 is 2.98. The van der Waals surface area contributed by atoms with Gasteiger partial charge in [-0.3, -0.25) is 4.79 Å². The van der Waals surface area contributed by atoms with Crippen molar-refractivity contribution in [2.45, 2.75) is 24.9 Å². The number of thioether (sulfide) groups is 1. The van der Waals surface area contributed by atoms with Crippen molar-refractivity contribution in [3.05, 3.63) is 59.4 Å². The number of aromatic nitrogens is 1. The van der Waals surface area contributed by atoms with Crippen molar-refractivity contribution in [1.82, 2.24) is 4.98 Å². The van der Waals surface area contributed by atoms with Crippen LogP contribution >= 0.6 is 23.1 Å². The number of anilines is 1. The van der Waals surface area contributed by atoms with Crippen LogP contribution in [-0.4, -0.2) is 16.1 Å². The van der Waals surface area contributed by atoms with E-state index in [1.807, 2.05) is 36.6 Å². The van der Waals surface area contributed by atoms with Crippen molar-refractivity contribution in [3.8, 4) is 11.3 Å². The zero-order chi connectivity index (χ0) is 16.9. The first-order chi connectivity index (χ1) is 11.6. The average Bonchev–Trinajstić information content (AvgIpc) is 3.25. The van der Waals surface area contributed by atoms with Gasteiger partial charge in [0.25, 0.3) is 0 Å². The van der Waals surface area contributed by atoms with Gasteiger partial charge in [0, 0.05) is 10.9 Å². The van der Waals surface area contributed by atoms with Crippen LogP contribution in [0, 0.1) is 6.92 Å². The molecule has 0 fully saturated rings. The Morgan fingerprint density at radius 1 is 1.33 bits per heavy atom.